The third-order valence-corrected chi connectivity index (χ3v) is 3.30. The van der Waals surface area contributed by atoms with Gasteiger partial charge in [-0.3, -0.25) is 0 Å². The van der Waals surface area contributed by atoms with E-state index in [-0.39, 0.29) is 6.79 Å². The highest BCUT2D eigenvalue weighted by molar-refractivity contribution is 5.79. The van der Waals surface area contributed by atoms with Crippen LogP contribution in [-0.4, -0.2) is 17.9 Å². The molecule has 1 aliphatic heterocycles. The average molecular weight is 296 g/mol. The Kier molecular flexibility index (Phi) is 3.54. The van der Waals surface area contributed by atoms with Crippen LogP contribution < -0.4 is 14.8 Å². The second-order valence-corrected chi connectivity index (χ2v) is 4.72. The number of ether oxygens (including phenoxy) is 2. The summed E-state index contributed by atoms with van der Waals surface area (Å²) in [6, 6.07) is 12.7. The van der Waals surface area contributed by atoms with Crippen LogP contribution in [0.5, 0.6) is 11.5 Å². The first-order valence-electron chi connectivity index (χ1n) is 6.56. The lowest BCUT2D eigenvalue weighted by molar-refractivity contribution is -0.138. The van der Waals surface area contributed by atoms with Gasteiger partial charge in [-0.15, -0.1) is 0 Å². The Labute approximate surface area is 126 Å². The molecule has 2 N–H and O–H groups in total. The van der Waals surface area contributed by atoms with Gasteiger partial charge in [-0.05, 0) is 42.0 Å². The van der Waals surface area contributed by atoms with Gasteiger partial charge in [-0.25, -0.2) is 4.79 Å². The molecular formula is C16H12N2O4. The van der Waals surface area contributed by atoms with Crippen molar-refractivity contribution in [2.24, 2.45) is 0 Å². The molecule has 0 saturated carbocycles. The molecule has 6 heteroatoms. The number of nitriles is 1. The molecule has 0 bridgehead atoms. The number of hydrogen-bond acceptors (Lipinski definition) is 5. The smallest absolute Gasteiger partial charge is 0.330 e. The van der Waals surface area contributed by atoms with Crippen molar-refractivity contribution in [3.05, 3.63) is 53.6 Å². The summed E-state index contributed by atoms with van der Waals surface area (Å²) < 4.78 is 10.5. The molecular weight excluding hydrogens is 284 g/mol. The quantitative estimate of drug-likeness (QED) is 0.900. The first-order valence-corrected chi connectivity index (χ1v) is 6.56. The van der Waals surface area contributed by atoms with Crippen molar-refractivity contribution in [3.63, 3.8) is 0 Å². The predicted molar refractivity (Wildman–Crippen MR) is 77.7 cm³/mol. The number of nitrogens with zero attached hydrogens (tertiary/aromatic N) is 1. The van der Waals surface area contributed by atoms with Crippen LogP contribution >= 0.6 is 0 Å². The molecule has 0 aliphatic carbocycles. The van der Waals surface area contributed by atoms with Gasteiger partial charge in [0.25, 0.3) is 0 Å². The van der Waals surface area contributed by atoms with Gasteiger partial charge in [-0.2, -0.15) is 5.26 Å². The fourth-order valence-electron chi connectivity index (χ4n) is 2.19. The minimum absolute atomic E-state index is 0.138. The largest absolute Gasteiger partial charge is 0.479 e. The van der Waals surface area contributed by atoms with Gasteiger partial charge in [0.1, 0.15) is 0 Å². The molecule has 3 rings (SSSR count). The minimum Gasteiger partial charge on any atom is -0.479 e. The third-order valence-electron chi connectivity index (χ3n) is 3.30. The number of carboxylic acid groups (broad SMARTS) is 1. The number of carboxylic acids is 1. The average Bonchev–Trinajstić information content (AvgIpc) is 3.00. The Bertz CT molecular complexity index is 750. The van der Waals surface area contributed by atoms with Crippen LogP contribution in [0.2, 0.25) is 0 Å². The van der Waals surface area contributed by atoms with Gasteiger partial charge in [0.2, 0.25) is 6.79 Å². The maximum Gasteiger partial charge on any atom is 0.330 e. The number of hydrogen-bond donors (Lipinski definition) is 2. The number of nitrogens with one attached hydrogen (secondary N) is 1. The van der Waals surface area contributed by atoms with Crippen LogP contribution in [0, 0.1) is 11.3 Å². The van der Waals surface area contributed by atoms with Gasteiger partial charge in [0, 0.05) is 5.69 Å². The van der Waals surface area contributed by atoms with Gasteiger partial charge in [0.05, 0.1) is 11.6 Å². The molecule has 1 heterocycles. The summed E-state index contributed by atoms with van der Waals surface area (Å²) in [4.78, 5) is 11.5. The van der Waals surface area contributed by atoms with E-state index in [9.17, 15) is 9.90 Å². The summed E-state index contributed by atoms with van der Waals surface area (Å²) in [6.45, 7) is 0.138. The SMILES string of the molecule is N#Cc1ccc(NC(C(=O)O)c2ccc3c(c2)OCO3)cc1. The molecule has 0 aromatic heterocycles. The summed E-state index contributed by atoms with van der Waals surface area (Å²) >= 11 is 0. The fourth-order valence-corrected chi connectivity index (χ4v) is 2.19. The van der Waals surface area contributed by atoms with Crippen molar-refractivity contribution in [1.29, 1.82) is 5.26 Å². The fraction of sp³-hybridized carbons (Fsp3) is 0.125. The van der Waals surface area contributed by atoms with E-state index in [1.165, 1.54) is 0 Å². The second-order valence-electron chi connectivity index (χ2n) is 4.72. The van der Waals surface area contributed by atoms with Crippen molar-refractivity contribution in [2.45, 2.75) is 6.04 Å². The predicted octanol–water partition coefficient (Wildman–Crippen LogP) is 2.52. The Morgan fingerprint density at radius 1 is 1.18 bits per heavy atom. The van der Waals surface area contributed by atoms with Crippen LogP contribution in [-0.2, 0) is 4.79 Å². The number of anilines is 1. The van der Waals surface area contributed by atoms with E-state index in [4.69, 9.17) is 14.7 Å². The van der Waals surface area contributed by atoms with E-state index < -0.39 is 12.0 Å². The molecule has 2 aromatic carbocycles. The van der Waals surface area contributed by atoms with Crippen LogP contribution in [0.1, 0.15) is 17.2 Å². The zero-order valence-corrected chi connectivity index (χ0v) is 11.4. The van der Waals surface area contributed by atoms with Crippen molar-refractivity contribution < 1.29 is 19.4 Å². The summed E-state index contributed by atoms with van der Waals surface area (Å²) in [7, 11) is 0. The molecule has 22 heavy (non-hydrogen) atoms. The van der Waals surface area contributed by atoms with Gasteiger partial charge in [0.15, 0.2) is 17.5 Å². The first kappa shape index (κ1) is 13.8. The molecule has 0 spiro atoms. The van der Waals surface area contributed by atoms with E-state index in [2.05, 4.69) is 5.32 Å². The summed E-state index contributed by atoms with van der Waals surface area (Å²) in [6.07, 6.45) is 0. The molecule has 0 amide bonds. The maximum atomic E-state index is 11.5. The molecule has 1 atom stereocenters. The van der Waals surface area contributed by atoms with Crippen LogP contribution in [0.4, 0.5) is 5.69 Å². The highest BCUT2D eigenvalue weighted by Gasteiger charge is 2.23. The number of aliphatic carboxylic acids is 1. The van der Waals surface area contributed by atoms with Crippen LogP contribution in [0.3, 0.4) is 0 Å². The minimum atomic E-state index is -1.01. The summed E-state index contributed by atoms with van der Waals surface area (Å²) in [5.41, 5.74) is 1.69. The number of carbonyl (C=O) groups is 1. The monoisotopic (exact) mass is 296 g/mol. The summed E-state index contributed by atoms with van der Waals surface area (Å²) in [5.74, 6) is 0.125. The number of rotatable bonds is 4. The van der Waals surface area contributed by atoms with Gasteiger partial charge in [-0.1, -0.05) is 6.07 Å². The first-order chi connectivity index (χ1) is 10.7. The molecule has 0 saturated heterocycles. The van der Waals surface area contributed by atoms with Crippen LogP contribution in [0.15, 0.2) is 42.5 Å². The molecule has 1 unspecified atom stereocenters. The Balaban J connectivity index is 1.86. The Morgan fingerprint density at radius 2 is 1.91 bits per heavy atom. The Morgan fingerprint density at radius 3 is 2.59 bits per heavy atom. The van der Waals surface area contributed by atoms with E-state index in [0.29, 0.717) is 28.3 Å². The van der Waals surface area contributed by atoms with Gasteiger partial charge < -0.3 is 19.9 Å². The van der Waals surface area contributed by atoms with E-state index >= 15 is 0 Å². The number of benzene rings is 2. The maximum absolute atomic E-state index is 11.5. The molecule has 1 aliphatic rings. The number of fused-ring (bicyclic) bond motifs is 1. The standard InChI is InChI=1S/C16H12N2O4/c17-8-10-1-4-12(5-2-10)18-15(16(19)20)11-3-6-13-14(7-11)22-9-21-13/h1-7,15,18H,9H2,(H,19,20). The van der Waals surface area contributed by atoms with Crippen molar-refractivity contribution in [1.82, 2.24) is 0 Å². The lowest BCUT2D eigenvalue weighted by atomic mass is 10.1. The molecule has 2 aromatic rings. The van der Waals surface area contributed by atoms with Crippen LogP contribution in [0.25, 0.3) is 0 Å². The van der Waals surface area contributed by atoms with E-state index in [1.54, 1.807) is 42.5 Å². The molecule has 110 valence electrons. The highest BCUT2D eigenvalue weighted by atomic mass is 16.7. The Hall–Kier alpha value is -3.20. The zero-order valence-electron chi connectivity index (χ0n) is 11.4. The van der Waals surface area contributed by atoms with E-state index in [0.717, 1.165) is 0 Å². The lowest BCUT2D eigenvalue weighted by Gasteiger charge is -2.16. The van der Waals surface area contributed by atoms with E-state index in [1.807, 2.05) is 6.07 Å². The molecule has 0 radical (unpaired) electrons. The highest BCUT2D eigenvalue weighted by Crippen LogP contribution is 2.35. The van der Waals surface area contributed by atoms with Gasteiger partial charge >= 0.3 is 5.97 Å². The molecule has 0 fully saturated rings. The molecule has 6 nitrogen and oxygen atoms in total. The van der Waals surface area contributed by atoms with Crippen molar-refractivity contribution in [3.8, 4) is 17.6 Å². The lowest BCUT2D eigenvalue weighted by Crippen LogP contribution is -2.20. The normalized spacial score (nSPS) is 13.2. The van der Waals surface area contributed by atoms with Crippen molar-refractivity contribution >= 4 is 11.7 Å². The zero-order chi connectivity index (χ0) is 15.5. The topological polar surface area (TPSA) is 91.6 Å². The van der Waals surface area contributed by atoms with Crippen molar-refractivity contribution in [2.75, 3.05) is 12.1 Å². The summed E-state index contributed by atoms with van der Waals surface area (Å²) in [5, 5.41) is 21.2. The third kappa shape index (κ3) is 2.65. The second kappa shape index (κ2) is 5.66.